The van der Waals surface area contributed by atoms with Gasteiger partial charge in [0.15, 0.2) is 0 Å². The third-order valence-corrected chi connectivity index (χ3v) is 3.97. The molecule has 0 aromatic heterocycles. The topological polar surface area (TPSA) is 44.4 Å². The van der Waals surface area contributed by atoms with Gasteiger partial charge in [0.2, 0.25) is 5.91 Å². The Balaban J connectivity index is 2.01. The van der Waals surface area contributed by atoms with Crippen LogP contribution >= 0.6 is 0 Å². The number of rotatable bonds is 2. The van der Waals surface area contributed by atoms with Gasteiger partial charge in [0, 0.05) is 32.7 Å². The molecular weight excluding hydrogens is 202 g/mol. The van der Waals surface area contributed by atoms with Gasteiger partial charge in [-0.2, -0.15) is 0 Å². The minimum Gasteiger partial charge on any atom is -0.358 e. The number of hydrogen-bond acceptors (Lipinski definition) is 3. The summed E-state index contributed by atoms with van der Waals surface area (Å²) >= 11 is 0. The van der Waals surface area contributed by atoms with E-state index < -0.39 is 0 Å². The Kier molecular flexibility index (Phi) is 3.82. The van der Waals surface area contributed by atoms with Crippen molar-refractivity contribution in [2.24, 2.45) is 5.92 Å². The molecule has 4 heteroatoms. The Morgan fingerprint density at radius 2 is 2.25 bits per heavy atom. The number of nitrogens with one attached hydrogen (secondary N) is 2. The molecule has 2 aliphatic rings. The molecule has 1 saturated heterocycles. The molecule has 1 amide bonds. The average Bonchev–Trinajstić information content (AvgIpc) is 2.75. The van der Waals surface area contributed by atoms with Gasteiger partial charge in [-0.05, 0) is 25.2 Å². The molecule has 16 heavy (non-hydrogen) atoms. The highest BCUT2D eigenvalue weighted by molar-refractivity contribution is 5.81. The minimum absolute atomic E-state index is 0.0362. The second-order valence-electron chi connectivity index (χ2n) is 5.14. The molecule has 1 heterocycles. The monoisotopic (exact) mass is 225 g/mol. The Morgan fingerprint density at radius 1 is 1.44 bits per heavy atom. The maximum Gasteiger partial charge on any atom is 0.238 e. The molecule has 0 bridgehead atoms. The van der Waals surface area contributed by atoms with Crippen LogP contribution in [-0.4, -0.2) is 49.6 Å². The molecule has 0 radical (unpaired) electrons. The van der Waals surface area contributed by atoms with Crippen LogP contribution in [0.1, 0.15) is 26.2 Å². The lowest BCUT2D eigenvalue weighted by molar-refractivity contribution is -0.127. The summed E-state index contributed by atoms with van der Waals surface area (Å²) in [5.74, 6) is 0.983. The van der Waals surface area contributed by atoms with Crippen LogP contribution < -0.4 is 10.6 Å². The standard InChI is InChI=1S/C12H23N3O/c1-9-3-4-10(7-9)15-6-5-14-8-11(15)12(16)13-2/h9-11,14H,3-8H2,1-2H3,(H,13,16). The van der Waals surface area contributed by atoms with Crippen molar-refractivity contribution in [2.45, 2.75) is 38.3 Å². The molecule has 2 N–H and O–H groups in total. The van der Waals surface area contributed by atoms with E-state index in [1.54, 1.807) is 7.05 Å². The maximum absolute atomic E-state index is 11.8. The fraction of sp³-hybridized carbons (Fsp3) is 0.917. The number of amides is 1. The van der Waals surface area contributed by atoms with Crippen LogP contribution in [0.25, 0.3) is 0 Å². The Bertz CT molecular complexity index is 257. The Labute approximate surface area is 97.8 Å². The summed E-state index contributed by atoms with van der Waals surface area (Å²) in [6, 6.07) is 0.661. The quantitative estimate of drug-likeness (QED) is 0.705. The van der Waals surface area contributed by atoms with Crippen LogP contribution in [0.5, 0.6) is 0 Å². The fourth-order valence-electron chi connectivity index (χ4n) is 3.05. The van der Waals surface area contributed by atoms with Gasteiger partial charge < -0.3 is 10.6 Å². The molecule has 0 aromatic carbocycles. The van der Waals surface area contributed by atoms with Crippen LogP contribution in [0.2, 0.25) is 0 Å². The third-order valence-electron chi connectivity index (χ3n) is 3.97. The molecule has 1 aliphatic heterocycles. The van der Waals surface area contributed by atoms with Crippen LogP contribution in [0.4, 0.5) is 0 Å². The third kappa shape index (κ3) is 2.38. The number of likely N-dealkylation sites (N-methyl/N-ethyl adjacent to an activating group) is 1. The average molecular weight is 225 g/mol. The van der Waals surface area contributed by atoms with Crippen LogP contribution in [0, 0.1) is 5.92 Å². The summed E-state index contributed by atoms with van der Waals surface area (Å²) < 4.78 is 0. The minimum atomic E-state index is 0.0362. The number of hydrogen-bond donors (Lipinski definition) is 2. The smallest absolute Gasteiger partial charge is 0.238 e. The summed E-state index contributed by atoms with van der Waals surface area (Å²) in [4.78, 5) is 14.2. The SMILES string of the molecule is CNC(=O)C1CNCCN1C1CCC(C)C1. The molecule has 3 unspecified atom stereocenters. The van der Waals surface area contributed by atoms with Gasteiger partial charge in [-0.3, -0.25) is 9.69 Å². The summed E-state index contributed by atoms with van der Waals surface area (Å²) in [5.41, 5.74) is 0. The molecule has 0 spiro atoms. The van der Waals surface area contributed by atoms with Crippen molar-refractivity contribution in [2.75, 3.05) is 26.7 Å². The van der Waals surface area contributed by atoms with E-state index in [1.807, 2.05) is 0 Å². The van der Waals surface area contributed by atoms with Gasteiger partial charge in [0.05, 0.1) is 0 Å². The number of piperazine rings is 1. The van der Waals surface area contributed by atoms with Gasteiger partial charge in [-0.25, -0.2) is 0 Å². The van der Waals surface area contributed by atoms with Gasteiger partial charge in [-0.15, -0.1) is 0 Å². The Morgan fingerprint density at radius 3 is 2.88 bits per heavy atom. The molecular formula is C12H23N3O. The van der Waals surface area contributed by atoms with Crippen LogP contribution in [-0.2, 0) is 4.79 Å². The van der Waals surface area contributed by atoms with E-state index in [1.165, 1.54) is 19.3 Å². The van der Waals surface area contributed by atoms with Crippen molar-refractivity contribution in [3.05, 3.63) is 0 Å². The zero-order valence-electron chi connectivity index (χ0n) is 10.3. The number of nitrogens with zero attached hydrogens (tertiary/aromatic N) is 1. The number of carbonyl (C=O) groups excluding carboxylic acids is 1. The largest absolute Gasteiger partial charge is 0.358 e. The van der Waals surface area contributed by atoms with Gasteiger partial charge >= 0.3 is 0 Å². The first-order valence-corrected chi connectivity index (χ1v) is 6.40. The zero-order chi connectivity index (χ0) is 11.5. The molecule has 2 rings (SSSR count). The predicted molar refractivity (Wildman–Crippen MR) is 64.2 cm³/mol. The molecule has 0 aromatic rings. The highest BCUT2D eigenvalue weighted by Crippen LogP contribution is 2.30. The highest BCUT2D eigenvalue weighted by Gasteiger charge is 2.35. The molecule has 92 valence electrons. The summed E-state index contributed by atoms with van der Waals surface area (Å²) in [6.45, 7) is 5.13. The zero-order valence-corrected chi connectivity index (χ0v) is 10.3. The molecule has 2 fully saturated rings. The van der Waals surface area contributed by atoms with Crippen molar-refractivity contribution >= 4 is 5.91 Å². The normalized spacial score (nSPS) is 36.2. The predicted octanol–water partition coefficient (Wildman–Crippen LogP) is 0.195. The molecule has 1 saturated carbocycles. The van der Waals surface area contributed by atoms with E-state index in [-0.39, 0.29) is 11.9 Å². The summed E-state index contributed by atoms with van der Waals surface area (Å²) in [6.07, 6.45) is 3.83. The van der Waals surface area contributed by atoms with Crippen molar-refractivity contribution < 1.29 is 4.79 Å². The second-order valence-corrected chi connectivity index (χ2v) is 5.14. The van der Waals surface area contributed by atoms with E-state index >= 15 is 0 Å². The van der Waals surface area contributed by atoms with Crippen LogP contribution in [0.15, 0.2) is 0 Å². The Hall–Kier alpha value is -0.610. The first-order chi connectivity index (χ1) is 7.72. The van der Waals surface area contributed by atoms with E-state index in [0.29, 0.717) is 6.04 Å². The first kappa shape index (κ1) is 11.9. The van der Waals surface area contributed by atoms with Crippen LogP contribution in [0.3, 0.4) is 0 Å². The van der Waals surface area contributed by atoms with Crippen molar-refractivity contribution in [1.82, 2.24) is 15.5 Å². The highest BCUT2D eigenvalue weighted by atomic mass is 16.2. The van der Waals surface area contributed by atoms with E-state index in [2.05, 4.69) is 22.5 Å². The first-order valence-electron chi connectivity index (χ1n) is 6.40. The molecule has 1 aliphatic carbocycles. The fourth-order valence-corrected chi connectivity index (χ4v) is 3.05. The lowest BCUT2D eigenvalue weighted by Crippen LogP contribution is -2.60. The van der Waals surface area contributed by atoms with E-state index in [0.717, 1.165) is 25.6 Å². The van der Waals surface area contributed by atoms with Gasteiger partial charge in [0.25, 0.3) is 0 Å². The molecule has 3 atom stereocenters. The lowest BCUT2D eigenvalue weighted by atomic mass is 10.1. The van der Waals surface area contributed by atoms with E-state index in [4.69, 9.17) is 0 Å². The maximum atomic E-state index is 11.8. The number of carbonyl (C=O) groups is 1. The van der Waals surface area contributed by atoms with Gasteiger partial charge in [-0.1, -0.05) is 6.92 Å². The van der Waals surface area contributed by atoms with Crippen molar-refractivity contribution in [1.29, 1.82) is 0 Å². The van der Waals surface area contributed by atoms with Gasteiger partial charge in [0.1, 0.15) is 6.04 Å². The molecule has 4 nitrogen and oxygen atoms in total. The van der Waals surface area contributed by atoms with Crippen molar-refractivity contribution in [3.63, 3.8) is 0 Å². The van der Waals surface area contributed by atoms with E-state index in [9.17, 15) is 4.79 Å². The summed E-state index contributed by atoms with van der Waals surface area (Å²) in [7, 11) is 1.73. The second kappa shape index (κ2) is 5.15. The van der Waals surface area contributed by atoms with Crippen molar-refractivity contribution in [3.8, 4) is 0 Å². The summed E-state index contributed by atoms with van der Waals surface area (Å²) in [5, 5.41) is 6.09. The lowest BCUT2D eigenvalue weighted by Gasteiger charge is -2.39.